The first-order chi connectivity index (χ1) is 10.0. The summed E-state index contributed by atoms with van der Waals surface area (Å²) in [5, 5.41) is 23.0. The van der Waals surface area contributed by atoms with Crippen LogP contribution >= 0.6 is 0 Å². The Balaban J connectivity index is 2.13. The molecule has 2 rings (SSSR count). The highest BCUT2D eigenvalue weighted by atomic mass is 16.6. The first-order valence-electron chi connectivity index (χ1n) is 6.96. The van der Waals surface area contributed by atoms with Gasteiger partial charge in [0.25, 0.3) is 5.69 Å². The predicted molar refractivity (Wildman–Crippen MR) is 79.3 cm³/mol. The molecule has 0 aliphatic carbocycles. The molecule has 0 aromatic heterocycles. The number of hydrogen-bond acceptors (Lipinski definition) is 6. The van der Waals surface area contributed by atoms with Gasteiger partial charge in [-0.25, -0.2) is 0 Å². The lowest BCUT2D eigenvalue weighted by Gasteiger charge is -2.37. The number of morpholine rings is 1. The van der Waals surface area contributed by atoms with E-state index in [1.807, 2.05) is 0 Å². The molecule has 1 fully saturated rings. The summed E-state index contributed by atoms with van der Waals surface area (Å²) in [6, 6.07) is 5.35. The monoisotopic (exact) mass is 295 g/mol. The maximum absolute atomic E-state index is 10.9. The third kappa shape index (κ3) is 3.69. The molecule has 1 heterocycles. The molecule has 7 heteroatoms. The number of benzene rings is 1. The van der Waals surface area contributed by atoms with Crippen LogP contribution in [0.4, 0.5) is 11.4 Å². The minimum atomic E-state index is -0.394. The second-order valence-electron chi connectivity index (χ2n) is 5.27. The molecule has 0 saturated carbocycles. The molecule has 21 heavy (non-hydrogen) atoms. The Kier molecular flexibility index (Phi) is 5.11. The Hall–Kier alpha value is -1.70. The van der Waals surface area contributed by atoms with Gasteiger partial charge in [-0.3, -0.25) is 15.0 Å². The van der Waals surface area contributed by atoms with Gasteiger partial charge in [0.05, 0.1) is 24.2 Å². The van der Waals surface area contributed by atoms with E-state index in [9.17, 15) is 15.2 Å². The molecule has 1 aliphatic rings. The molecule has 2 atom stereocenters. The first-order valence-corrected chi connectivity index (χ1v) is 6.96. The van der Waals surface area contributed by atoms with E-state index in [4.69, 9.17) is 4.74 Å². The molecular formula is C14H21N3O4. The molecule has 0 amide bonds. The van der Waals surface area contributed by atoms with Gasteiger partial charge in [0, 0.05) is 32.2 Å². The van der Waals surface area contributed by atoms with E-state index >= 15 is 0 Å². The molecule has 2 N–H and O–H groups in total. The molecule has 7 nitrogen and oxygen atoms in total. The van der Waals surface area contributed by atoms with E-state index in [2.05, 4.69) is 17.1 Å². The molecule has 1 aromatic carbocycles. The van der Waals surface area contributed by atoms with Gasteiger partial charge in [-0.05, 0) is 18.6 Å². The Morgan fingerprint density at radius 3 is 2.95 bits per heavy atom. The van der Waals surface area contributed by atoms with Crippen molar-refractivity contribution in [1.29, 1.82) is 0 Å². The summed E-state index contributed by atoms with van der Waals surface area (Å²) in [6.07, 6.45) is -0.164. The lowest BCUT2D eigenvalue weighted by Crippen LogP contribution is -2.48. The van der Waals surface area contributed by atoms with Crippen LogP contribution in [-0.2, 0) is 11.3 Å². The zero-order valence-electron chi connectivity index (χ0n) is 12.3. The molecular weight excluding hydrogens is 274 g/mol. The van der Waals surface area contributed by atoms with Crippen LogP contribution in [0.3, 0.4) is 0 Å². The number of aliphatic hydroxyl groups is 1. The fourth-order valence-corrected chi connectivity index (χ4v) is 2.48. The largest absolute Gasteiger partial charge is 0.394 e. The van der Waals surface area contributed by atoms with Crippen LogP contribution in [0.15, 0.2) is 18.2 Å². The fourth-order valence-electron chi connectivity index (χ4n) is 2.48. The fraction of sp³-hybridized carbons (Fsp3) is 0.571. The molecule has 2 unspecified atom stereocenters. The number of ether oxygens (including phenoxy) is 1. The van der Waals surface area contributed by atoms with Crippen molar-refractivity contribution in [2.24, 2.45) is 0 Å². The Labute approximate surface area is 123 Å². The van der Waals surface area contributed by atoms with Crippen LogP contribution in [-0.4, -0.2) is 53.9 Å². The number of rotatable bonds is 5. The van der Waals surface area contributed by atoms with Gasteiger partial charge in [0.15, 0.2) is 0 Å². The molecule has 0 bridgehead atoms. The van der Waals surface area contributed by atoms with Gasteiger partial charge in [-0.2, -0.15) is 0 Å². The van der Waals surface area contributed by atoms with Crippen molar-refractivity contribution in [3.63, 3.8) is 0 Å². The van der Waals surface area contributed by atoms with E-state index < -0.39 is 4.92 Å². The van der Waals surface area contributed by atoms with Gasteiger partial charge < -0.3 is 15.2 Å². The molecule has 116 valence electrons. The van der Waals surface area contributed by atoms with Crippen LogP contribution in [0.2, 0.25) is 0 Å². The Morgan fingerprint density at radius 2 is 2.33 bits per heavy atom. The van der Waals surface area contributed by atoms with Crippen molar-refractivity contribution in [1.82, 2.24) is 4.90 Å². The topological polar surface area (TPSA) is 87.9 Å². The minimum absolute atomic E-state index is 0.00521. The van der Waals surface area contributed by atoms with E-state index in [0.717, 1.165) is 5.56 Å². The first kappa shape index (κ1) is 15.7. The second-order valence-corrected chi connectivity index (χ2v) is 5.27. The maximum Gasteiger partial charge on any atom is 0.292 e. The highest BCUT2D eigenvalue weighted by molar-refractivity contribution is 5.62. The number of nitro groups is 1. The normalized spacial score (nSPS) is 23.0. The number of anilines is 1. The summed E-state index contributed by atoms with van der Waals surface area (Å²) < 4.78 is 5.51. The van der Waals surface area contributed by atoms with E-state index in [1.54, 1.807) is 19.2 Å². The van der Waals surface area contributed by atoms with Crippen LogP contribution in [0.5, 0.6) is 0 Å². The maximum atomic E-state index is 10.9. The third-order valence-electron chi connectivity index (χ3n) is 3.75. The predicted octanol–water partition coefficient (Wildman–Crippen LogP) is 1.22. The zero-order valence-corrected chi connectivity index (χ0v) is 12.3. The molecule has 1 aliphatic heterocycles. The lowest BCUT2D eigenvalue weighted by molar-refractivity contribution is -0.384. The molecule has 1 saturated heterocycles. The number of nitrogens with one attached hydrogen (secondary N) is 1. The summed E-state index contributed by atoms with van der Waals surface area (Å²) in [5.41, 5.74) is 1.58. The van der Waals surface area contributed by atoms with Crippen molar-refractivity contribution in [3.8, 4) is 0 Å². The van der Waals surface area contributed by atoms with Crippen LogP contribution in [0.25, 0.3) is 0 Å². The van der Waals surface area contributed by atoms with Crippen molar-refractivity contribution < 1.29 is 14.8 Å². The zero-order chi connectivity index (χ0) is 15.4. The summed E-state index contributed by atoms with van der Waals surface area (Å²) in [4.78, 5) is 12.7. The van der Waals surface area contributed by atoms with Crippen LogP contribution in [0.1, 0.15) is 12.5 Å². The van der Waals surface area contributed by atoms with Gasteiger partial charge in [0.2, 0.25) is 0 Å². The quantitative estimate of drug-likeness (QED) is 0.627. The molecule has 0 spiro atoms. The van der Waals surface area contributed by atoms with Gasteiger partial charge >= 0.3 is 0 Å². The van der Waals surface area contributed by atoms with E-state index in [-0.39, 0.29) is 24.4 Å². The van der Waals surface area contributed by atoms with Crippen molar-refractivity contribution in [2.45, 2.75) is 25.6 Å². The number of hydrogen-bond donors (Lipinski definition) is 2. The lowest BCUT2D eigenvalue weighted by atomic mass is 10.1. The van der Waals surface area contributed by atoms with E-state index in [1.165, 1.54) is 6.07 Å². The Bertz CT molecular complexity index is 509. The SMILES string of the molecule is CNc1cc(CN2CC(CO)OCC2C)ccc1[N+](=O)[O-]. The molecule has 0 radical (unpaired) electrons. The van der Waals surface area contributed by atoms with E-state index in [0.29, 0.717) is 25.4 Å². The highest BCUT2D eigenvalue weighted by Gasteiger charge is 2.26. The third-order valence-corrected chi connectivity index (χ3v) is 3.75. The standard InChI is InChI=1S/C14H21N3O4/c1-10-9-21-12(8-18)7-16(10)6-11-3-4-14(17(19)20)13(5-11)15-2/h3-5,10,12,15,18H,6-9H2,1-2H3. The summed E-state index contributed by atoms with van der Waals surface area (Å²) in [6.45, 7) is 3.98. The molecule has 1 aromatic rings. The number of nitro benzene ring substituents is 1. The summed E-state index contributed by atoms with van der Waals surface area (Å²) >= 11 is 0. The summed E-state index contributed by atoms with van der Waals surface area (Å²) in [7, 11) is 1.67. The number of aliphatic hydroxyl groups excluding tert-OH is 1. The van der Waals surface area contributed by atoms with Crippen LogP contribution in [0, 0.1) is 10.1 Å². The average Bonchev–Trinajstić information content (AvgIpc) is 2.49. The van der Waals surface area contributed by atoms with Crippen molar-refractivity contribution in [3.05, 3.63) is 33.9 Å². The summed E-state index contributed by atoms with van der Waals surface area (Å²) in [5.74, 6) is 0. The van der Waals surface area contributed by atoms with Crippen LogP contribution < -0.4 is 5.32 Å². The second kappa shape index (κ2) is 6.84. The average molecular weight is 295 g/mol. The number of nitrogens with zero attached hydrogens (tertiary/aromatic N) is 2. The van der Waals surface area contributed by atoms with Gasteiger partial charge in [-0.15, -0.1) is 0 Å². The van der Waals surface area contributed by atoms with Crippen molar-refractivity contribution in [2.75, 3.05) is 32.1 Å². The minimum Gasteiger partial charge on any atom is -0.394 e. The van der Waals surface area contributed by atoms with Gasteiger partial charge in [-0.1, -0.05) is 6.07 Å². The highest BCUT2D eigenvalue weighted by Crippen LogP contribution is 2.26. The smallest absolute Gasteiger partial charge is 0.292 e. The Morgan fingerprint density at radius 1 is 1.57 bits per heavy atom. The van der Waals surface area contributed by atoms with Gasteiger partial charge in [0.1, 0.15) is 5.69 Å². The van der Waals surface area contributed by atoms with Crippen molar-refractivity contribution >= 4 is 11.4 Å².